The Morgan fingerprint density at radius 3 is 3.05 bits per heavy atom. The van der Waals surface area contributed by atoms with Crippen molar-refractivity contribution in [2.24, 2.45) is 5.92 Å². The molecule has 0 bridgehead atoms. The van der Waals surface area contributed by atoms with Crippen LogP contribution in [0.4, 0.5) is 0 Å². The molecule has 0 amide bonds. The number of aromatic nitrogens is 1. The largest absolute Gasteiger partial charge is 0.497 e. The fraction of sp³-hybridized carbons (Fsp3) is 0.500. The number of rotatable bonds is 1. The van der Waals surface area contributed by atoms with Crippen molar-refractivity contribution in [3.8, 4) is 5.75 Å². The zero-order chi connectivity index (χ0) is 14.8. The summed E-state index contributed by atoms with van der Waals surface area (Å²) < 4.78 is 7.38. The van der Waals surface area contributed by atoms with E-state index in [-0.39, 0.29) is 5.91 Å². The fourth-order valence-corrected chi connectivity index (χ4v) is 4.91. The van der Waals surface area contributed by atoms with Gasteiger partial charge in [-0.15, -0.1) is 0 Å². The minimum absolute atomic E-state index is 0.268. The third kappa shape index (κ3) is 1.48. The highest BCUT2D eigenvalue weighted by molar-refractivity contribution is 5.98. The molecule has 3 aliphatic rings. The molecule has 3 aliphatic heterocycles. The van der Waals surface area contributed by atoms with Crippen LogP contribution in [0, 0.1) is 5.92 Å². The Labute approximate surface area is 129 Å². The molecule has 0 aliphatic carbocycles. The molecule has 0 spiro atoms. The van der Waals surface area contributed by atoms with E-state index in [0.29, 0.717) is 18.4 Å². The van der Waals surface area contributed by atoms with E-state index in [1.807, 2.05) is 16.7 Å². The first kappa shape index (κ1) is 12.7. The topological polar surface area (TPSA) is 34.5 Å². The summed E-state index contributed by atoms with van der Waals surface area (Å²) in [7, 11) is 1.68. The summed E-state index contributed by atoms with van der Waals surface area (Å²) >= 11 is 0. The molecule has 1 saturated heterocycles. The van der Waals surface area contributed by atoms with E-state index < -0.39 is 0 Å². The van der Waals surface area contributed by atoms with Crippen LogP contribution in [-0.4, -0.2) is 35.6 Å². The van der Waals surface area contributed by atoms with Gasteiger partial charge >= 0.3 is 0 Å². The highest BCUT2D eigenvalue weighted by Gasteiger charge is 2.44. The molecule has 5 rings (SSSR count). The number of hydrogen-bond donors (Lipinski definition) is 0. The molecule has 2 atom stereocenters. The van der Waals surface area contributed by atoms with Crippen LogP contribution in [0.2, 0.25) is 0 Å². The van der Waals surface area contributed by atoms with E-state index in [0.717, 1.165) is 24.2 Å². The van der Waals surface area contributed by atoms with E-state index in [1.165, 1.54) is 36.0 Å². The molecular formula is C18H20N2O2. The Morgan fingerprint density at radius 1 is 1.27 bits per heavy atom. The second-order valence-electron chi connectivity index (χ2n) is 6.81. The average Bonchev–Trinajstić information content (AvgIpc) is 2.88. The molecule has 0 saturated carbocycles. The number of fused-ring (bicyclic) bond motifs is 3. The van der Waals surface area contributed by atoms with E-state index in [9.17, 15) is 4.79 Å². The Bertz CT molecular complexity index is 792. The molecule has 4 heteroatoms. The molecule has 0 radical (unpaired) electrons. The quantitative estimate of drug-likeness (QED) is 0.811. The molecule has 4 nitrogen and oxygen atoms in total. The molecular weight excluding hydrogens is 276 g/mol. The monoisotopic (exact) mass is 296 g/mol. The molecule has 0 unspecified atom stereocenters. The summed E-state index contributed by atoms with van der Waals surface area (Å²) in [5.41, 5.74) is 3.73. The molecule has 1 aromatic carbocycles. The van der Waals surface area contributed by atoms with Gasteiger partial charge in [0.1, 0.15) is 5.75 Å². The predicted octanol–water partition coefficient (Wildman–Crippen LogP) is 3.00. The first-order valence-corrected chi connectivity index (χ1v) is 8.26. The van der Waals surface area contributed by atoms with Gasteiger partial charge in [0.25, 0.3) is 0 Å². The molecule has 22 heavy (non-hydrogen) atoms. The number of hydrogen-bond acceptors (Lipinski definition) is 3. The summed E-state index contributed by atoms with van der Waals surface area (Å²) in [6.45, 7) is 2.31. The van der Waals surface area contributed by atoms with Gasteiger partial charge < -0.3 is 4.74 Å². The van der Waals surface area contributed by atoms with Crippen LogP contribution >= 0.6 is 0 Å². The van der Waals surface area contributed by atoms with Crippen LogP contribution in [0.1, 0.15) is 41.4 Å². The van der Waals surface area contributed by atoms with Crippen molar-refractivity contribution >= 4 is 16.8 Å². The minimum Gasteiger partial charge on any atom is -0.497 e. The highest BCUT2D eigenvalue weighted by Crippen LogP contribution is 2.48. The Balaban J connectivity index is 1.83. The van der Waals surface area contributed by atoms with Gasteiger partial charge in [-0.25, -0.2) is 0 Å². The van der Waals surface area contributed by atoms with Gasteiger partial charge in [-0.1, -0.05) is 0 Å². The Morgan fingerprint density at radius 2 is 2.18 bits per heavy atom. The number of benzene rings is 1. The number of piperidine rings is 1. The second-order valence-corrected chi connectivity index (χ2v) is 6.81. The Hall–Kier alpha value is -1.81. The van der Waals surface area contributed by atoms with Crippen molar-refractivity contribution < 1.29 is 9.53 Å². The van der Waals surface area contributed by atoms with Crippen molar-refractivity contribution in [3.05, 3.63) is 29.5 Å². The molecule has 0 N–H and O–H groups in total. The van der Waals surface area contributed by atoms with Crippen molar-refractivity contribution in [3.63, 3.8) is 0 Å². The lowest BCUT2D eigenvalue weighted by Crippen LogP contribution is -2.47. The average molecular weight is 296 g/mol. The zero-order valence-corrected chi connectivity index (χ0v) is 12.8. The predicted molar refractivity (Wildman–Crippen MR) is 84.5 cm³/mol. The SMILES string of the molecule is COc1ccc2c3c4n(c2c1)C(=O)C[C@H]1CCCN(CC3)[C@H]41. The fourth-order valence-electron chi connectivity index (χ4n) is 4.91. The van der Waals surface area contributed by atoms with E-state index in [2.05, 4.69) is 11.0 Å². The normalized spacial score (nSPS) is 27.0. The van der Waals surface area contributed by atoms with Crippen molar-refractivity contribution in [2.75, 3.05) is 20.2 Å². The van der Waals surface area contributed by atoms with E-state index >= 15 is 0 Å². The second kappa shape index (κ2) is 4.35. The van der Waals surface area contributed by atoms with Crippen LogP contribution in [0.15, 0.2) is 18.2 Å². The minimum atomic E-state index is 0.268. The van der Waals surface area contributed by atoms with Gasteiger partial charge in [0, 0.05) is 30.1 Å². The number of carbonyl (C=O) groups is 1. The lowest BCUT2D eigenvalue weighted by atomic mass is 9.79. The van der Waals surface area contributed by atoms with Crippen LogP contribution in [0.3, 0.4) is 0 Å². The maximum Gasteiger partial charge on any atom is 0.231 e. The first-order chi connectivity index (χ1) is 10.8. The van der Waals surface area contributed by atoms with E-state index in [1.54, 1.807) is 7.11 Å². The lowest BCUT2D eigenvalue weighted by Gasteiger charge is -2.46. The van der Waals surface area contributed by atoms with Gasteiger partial charge in [-0.05, 0) is 49.4 Å². The summed E-state index contributed by atoms with van der Waals surface area (Å²) in [6.07, 6.45) is 4.17. The first-order valence-electron chi connectivity index (χ1n) is 8.26. The van der Waals surface area contributed by atoms with Crippen LogP contribution < -0.4 is 4.74 Å². The summed E-state index contributed by atoms with van der Waals surface area (Å²) in [6, 6.07) is 6.63. The molecule has 1 aromatic heterocycles. The van der Waals surface area contributed by atoms with Gasteiger partial charge in [0.05, 0.1) is 18.7 Å². The molecule has 2 aromatic rings. The van der Waals surface area contributed by atoms with Crippen molar-refractivity contribution in [1.29, 1.82) is 0 Å². The van der Waals surface area contributed by atoms with Crippen molar-refractivity contribution in [1.82, 2.24) is 9.47 Å². The summed E-state index contributed by atoms with van der Waals surface area (Å²) in [5, 5.41) is 1.25. The van der Waals surface area contributed by atoms with Crippen molar-refractivity contribution in [2.45, 2.75) is 31.7 Å². The van der Waals surface area contributed by atoms with Gasteiger partial charge in [0.2, 0.25) is 5.91 Å². The van der Waals surface area contributed by atoms with Crippen LogP contribution in [0.5, 0.6) is 5.75 Å². The third-order valence-electron chi connectivity index (χ3n) is 5.80. The van der Waals surface area contributed by atoms with Crippen LogP contribution in [-0.2, 0) is 6.42 Å². The zero-order valence-electron chi connectivity index (χ0n) is 12.8. The van der Waals surface area contributed by atoms with E-state index in [4.69, 9.17) is 4.74 Å². The summed E-state index contributed by atoms with van der Waals surface area (Å²) in [5.74, 6) is 1.61. The highest BCUT2D eigenvalue weighted by atomic mass is 16.5. The van der Waals surface area contributed by atoms with Gasteiger partial charge in [-0.2, -0.15) is 0 Å². The van der Waals surface area contributed by atoms with Crippen LogP contribution in [0.25, 0.3) is 10.9 Å². The van der Waals surface area contributed by atoms with Gasteiger partial charge in [-0.3, -0.25) is 14.3 Å². The summed E-state index contributed by atoms with van der Waals surface area (Å²) in [4.78, 5) is 15.4. The maximum atomic E-state index is 12.8. The smallest absolute Gasteiger partial charge is 0.231 e. The molecule has 4 heterocycles. The number of ether oxygens (including phenoxy) is 1. The standard InChI is InChI=1S/C18H20N2O2/c1-22-12-4-5-13-14-6-8-19-7-2-3-11-9-16(21)20(15(13)10-12)18(14)17(11)19/h4-5,10-11,17H,2-3,6-9H2,1H3/t11-,17+/m1/s1. The number of methoxy groups -OCH3 is 1. The molecule has 114 valence electrons. The Kier molecular flexibility index (Phi) is 2.51. The third-order valence-corrected chi connectivity index (χ3v) is 5.80. The number of carbonyl (C=O) groups excluding carboxylic acids is 1. The maximum absolute atomic E-state index is 12.8. The lowest BCUT2D eigenvalue weighted by molar-refractivity contribution is 0.0478. The molecule has 1 fully saturated rings. The van der Waals surface area contributed by atoms with Gasteiger partial charge in [0.15, 0.2) is 0 Å². The number of nitrogens with zero attached hydrogens (tertiary/aromatic N) is 2.